The quantitative estimate of drug-likeness (QED) is 0.251. The van der Waals surface area contributed by atoms with Crippen LogP contribution in [0.2, 0.25) is 0 Å². The van der Waals surface area contributed by atoms with Crippen molar-refractivity contribution >= 4 is 27.4 Å². The van der Waals surface area contributed by atoms with E-state index in [0.29, 0.717) is 0 Å². The SMILES string of the molecule is CC(C)(C)CC(C)(C)C1(C)C=C(c2ccccc2)C(O)C(C)(n2c3ccc(C(C)(C)C)cc3c3cc(C(C)(C)C)ccc32)C1. The van der Waals surface area contributed by atoms with Gasteiger partial charge in [0.25, 0.3) is 0 Å². The van der Waals surface area contributed by atoms with Gasteiger partial charge in [-0.15, -0.1) is 0 Å². The molecule has 0 spiro atoms. The lowest BCUT2D eigenvalue weighted by atomic mass is 9.53. The maximum Gasteiger partial charge on any atom is 0.103 e. The Hall–Kier alpha value is -2.84. The van der Waals surface area contributed by atoms with Gasteiger partial charge in [-0.2, -0.15) is 0 Å². The number of aliphatic hydroxyl groups excluding tert-OH is 1. The molecule has 3 aromatic carbocycles. The largest absolute Gasteiger partial charge is 0.386 e. The average molecular weight is 592 g/mol. The summed E-state index contributed by atoms with van der Waals surface area (Å²) in [7, 11) is 0. The normalized spacial score (nSPS) is 23.8. The highest BCUT2D eigenvalue weighted by atomic mass is 16.3. The van der Waals surface area contributed by atoms with Crippen molar-refractivity contribution in [3.05, 3.63) is 89.5 Å². The Morgan fingerprint density at radius 1 is 0.705 bits per heavy atom. The fourth-order valence-electron chi connectivity index (χ4n) is 8.19. The molecule has 3 atom stereocenters. The minimum Gasteiger partial charge on any atom is -0.386 e. The molecule has 236 valence electrons. The maximum absolute atomic E-state index is 12.6. The van der Waals surface area contributed by atoms with Crippen molar-refractivity contribution in [2.75, 3.05) is 0 Å². The predicted octanol–water partition coefficient (Wildman–Crippen LogP) is 11.4. The van der Waals surface area contributed by atoms with Crippen LogP contribution in [-0.2, 0) is 16.4 Å². The molecule has 0 radical (unpaired) electrons. The predicted molar refractivity (Wildman–Crippen MR) is 191 cm³/mol. The first-order valence-corrected chi connectivity index (χ1v) is 16.6. The Morgan fingerprint density at radius 3 is 1.61 bits per heavy atom. The molecule has 2 heteroatoms. The second kappa shape index (κ2) is 10.3. The zero-order valence-electron chi connectivity index (χ0n) is 29.8. The minimum atomic E-state index is -0.674. The monoisotopic (exact) mass is 591 g/mol. The number of aromatic nitrogens is 1. The smallest absolute Gasteiger partial charge is 0.103 e. The molecule has 1 aliphatic rings. The molecule has 0 fully saturated rings. The second-order valence-electron chi connectivity index (χ2n) is 18.2. The first-order valence-electron chi connectivity index (χ1n) is 16.6. The molecule has 1 aliphatic carbocycles. The summed E-state index contributed by atoms with van der Waals surface area (Å²) in [5, 5.41) is 15.2. The number of rotatable bonds is 4. The van der Waals surface area contributed by atoms with Gasteiger partial charge in [-0.05, 0) is 93.4 Å². The van der Waals surface area contributed by atoms with E-state index >= 15 is 0 Å². The Balaban J connectivity index is 1.85. The number of benzene rings is 3. The van der Waals surface area contributed by atoms with Gasteiger partial charge in [-0.1, -0.05) is 132 Å². The van der Waals surface area contributed by atoms with Crippen LogP contribution in [0.5, 0.6) is 0 Å². The topological polar surface area (TPSA) is 25.2 Å². The van der Waals surface area contributed by atoms with Crippen molar-refractivity contribution in [3.8, 4) is 0 Å². The first kappa shape index (κ1) is 32.6. The molecule has 5 rings (SSSR count). The van der Waals surface area contributed by atoms with E-state index in [1.54, 1.807) is 0 Å². The Morgan fingerprint density at radius 2 is 1.18 bits per heavy atom. The van der Waals surface area contributed by atoms with Crippen LogP contribution in [0.15, 0.2) is 72.8 Å². The molecular formula is C42H57NO. The van der Waals surface area contributed by atoms with E-state index in [1.807, 2.05) is 0 Å². The summed E-state index contributed by atoms with van der Waals surface area (Å²) in [6.45, 7) is 30.4. The van der Waals surface area contributed by atoms with Crippen LogP contribution in [0.4, 0.5) is 0 Å². The summed E-state index contributed by atoms with van der Waals surface area (Å²) in [6.07, 6.45) is 3.68. The molecule has 44 heavy (non-hydrogen) atoms. The number of allylic oxidation sites excluding steroid dienone is 1. The lowest BCUT2D eigenvalue weighted by molar-refractivity contribution is -0.00741. The van der Waals surface area contributed by atoms with Gasteiger partial charge in [0.05, 0.1) is 5.54 Å². The third kappa shape index (κ3) is 5.57. The molecule has 0 amide bonds. The standard InChI is InChI=1S/C42H57NO/c1-37(2,3)26-40(10,11)41(12)25-33(28-17-15-14-16-18-28)36(44)42(13,27-41)43-34-21-19-29(38(4,5)6)23-31(34)32-24-30(39(7,8)9)20-22-35(32)43/h14-25,36,44H,26-27H2,1-13H3. The fourth-order valence-corrected chi connectivity index (χ4v) is 8.19. The number of hydrogen-bond donors (Lipinski definition) is 1. The summed E-state index contributed by atoms with van der Waals surface area (Å²) in [6, 6.07) is 24.6. The lowest BCUT2D eigenvalue weighted by Crippen LogP contribution is -2.53. The van der Waals surface area contributed by atoms with Gasteiger partial charge >= 0.3 is 0 Å². The van der Waals surface area contributed by atoms with Crippen molar-refractivity contribution in [2.24, 2.45) is 16.2 Å². The van der Waals surface area contributed by atoms with Gasteiger partial charge in [0, 0.05) is 21.8 Å². The van der Waals surface area contributed by atoms with Crippen molar-refractivity contribution < 1.29 is 5.11 Å². The van der Waals surface area contributed by atoms with Gasteiger partial charge in [0.1, 0.15) is 6.10 Å². The van der Waals surface area contributed by atoms with Crippen LogP contribution in [0.1, 0.15) is 120 Å². The van der Waals surface area contributed by atoms with Crippen molar-refractivity contribution in [1.29, 1.82) is 0 Å². The van der Waals surface area contributed by atoms with E-state index in [-0.39, 0.29) is 27.1 Å². The highest BCUT2D eigenvalue weighted by molar-refractivity contribution is 6.09. The highest BCUT2D eigenvalue weighted by Crippen LogP contribution is 2.58. The third-order valence-corrected chi connectivity index (χ3v) is 10.7. The molecule has 1 aromatic heterocycles. The van der Waals surface area contributed by atoms with E-state index in [9.17, 15) is 5.11 Å². The minimum absolute atomic E-state index is 0.00967. The summed E-state index contributed by atoms with van der Waals surface area (Å²) in [4.78, 5) is 0. The van der Waals surface area contributed by atoms with Gasteiger partial charge in [0.15, 0.2) is 0 Å². The van der Waals surface area contributed by atoms with Crippen LogP contribution in [0.25, 0.3) is 27.4 Å². The molecule has 0 saturated heterocycles. The Kier molecular flexibility index (Phi) is 7.65. The van der Waals surface area contributed by atoms with Crippen molar-refractivity contribution in [3.63, 3.8) is 0 Å². The maximum atomic E-state index is 12.6. The van der Waals surface area contributed by atoms with Crippen LogP contribution in [-0.4, -0.2) is 15.8 Å². The van der Waals surface area contributed by atoms with Crippen LogP contribution in [0.3, 0.4) is 0 Å². The molecule has 3 unspecified atom stereocenters. The van der Waals surface area contributed by atoms with E-state index in [2.05, 4.69) is 167 Å². The first-order chi connectivity index (χ1) is 20.1. The van der Waals surface area contributed by atoms with Crippen molar-refractivity contribution in [1.82, 2.24) is 4.57 Å². The molecular weight excluding hydrogens is 534 g/mol. The summed E-state index contributed by atoms with van der Waals surface area (Å²) in [5.74, 6) is 0. The highest BCUT2D eigenvalue weighted by Gasteiger charge is 2.53. The number of fused-ring (bicyclic) bond motifs is 3. The summed E-state index contributed by atoms with van der Waals surface area (Å²) in [5.41, 5.74) is 6.71. The van der Waals surface area contributed by atoms with Crippen LogP contribution >= 0.6 is 0 Å². The number of nitrogens with zero attached hydrogens (tertiary/aromatic N) is 1. The molecule has 0 saturated carbocycles. The molecule has 0 bridgehead atoms. The van der Waals surface area contributed by atoms with Crippen LogP contribution < -0.4 is 0 Å². The Bertz CT molecular complexity index is 1640. The van der Waals surface area contributed by atoms with Gasteiger partial charge in [-0.3, -0.25) is 0 Å². The molecule has 0 aliphatic heterocycles. The number of hydrogen-bond acceptors (Lipinski definition) is 1. The zero-order chi connectivity index (χ0) is 32.7. The van der Waals surface area contributed by atoms with Crippen molar-refractivity contribution in [2.45, 2.75) is 125 Å². The van der Waals surface area contributed by atoms with E-state index in [1.165, 1.54) is 32.9 Å². The van der Waals surface area contributed by atoms with E-state index in [0.717, 1.165) is 24.0 Å². The average Bonchev–Trinajstić information content (AvgIpc) is 3.23. The number of aliphatic hydroxyl groups is 1. The van der Waals surface area contributed by atoms with Gasteiger partial charge in [-0.25, -0.2) is 0 Å². The zero-order valence-corrected chi connectivity index (χ0v) is 29.8. The third-order valence-electron chi connectivity index (χ3n) is 10.7. The summed E-state index contributed by atoms with van der Waals surface area (Å²) >= 11 is 0. The van der Waals surface area contributed by atoms with E-state index in [4.69, 9.17) is 0 Å². The van der Waals surface area contributed by atoms with E-state index < -0.39 is 11.6 Å². The fraction of sp³-hybridized carbons (Fsp3) is 0.524. The summed E-state index contributed by atoms with van der Waals surface area (Å²) < 4.78 is 2.52. The molecule has 1 heterocycles. The molecule has 4 aromatic rings. The van der Waals surface area contributed by atoms with Gasteiger partial charge < -0.3 is 9.67 Å². The second-order valence-corrected chi connectivity index (χ2v) is 18.2. The van der Waals surface area contributed by atoms with Gasteiger partial charge in [0.2, 0.25) is 0 Å². The molecule has 1 N–H and O–H groups in total. The van der Waals surface area contributed by atoms with Crippen LogP contribution in [0, 0.1) is 16.2 Å². The molecule has 2 nitrogen and oxygen atoms in total. The Labute approximate surface area is 267 Å². The lowest BCUT2D eigenvalue weighted by Gasteiger charge is -2.55.